The third kappa shape index (κ3) is 6.20. The number of ether oxygens (including phenoxy) is 1. The quantitative estimate of drug-likeness (QED) is 0.506. The highest BCUT2D eigenvalue weighted by molar-refractivity contribution is 6.30. The van der Waals surface area contributed by atoms with E-state index in [0.29, 0.717) is 10.6 Å². The maximum absolute atomic E-state index is 12.5. The highest BCUT2D eigenvalue weighted by atomic mass is 35.5. The van der Waals surface area contributed by atoms with Crippen LogP contribution in [-0.2, 0) is 9.53 Å². The van der Waals surface area contributed by atoms with Gasteiger partial charge in [-0.2, -0.15) is 0 Å². The molecule has 0 fully saturated rings. The van der Waals surface area contributed by atoms with Crippen molar-refractivity contribution in [3.05, 3.63) is 76.8 Å². The summed E-state index contributed by atoms with van der Waals surface area (Å²) >= 11 is 5.85. The van der Waals surface area contributed by atoms with Gasteiger partial charge in [0.25, 0.3) is 0 Å². The Labute approximate surface area is 153 Å². The van der Waals surface area contributed by atoms with Gasteiger partial charge < -0.3 is 4.74 Å². The monoisotopic (exact) mass is 356 g/mol. The fourth-order valence-corrected chi connectivity index (χ4v) is 2.42. The SMILES string of the molecule is CC(C)OC(=O)C(/C=C/c1ccccc1)CC(=O)c1ccc(Cl)cc1. The summed E-state index contributed by atoms with van der Waals surface area (Å²) in [5.41, 5.74) is 1.49. The van der Waals surface area contributed by atoms with Gasteiger partial charge in [0.05, 0.1) is 12.0 Å². The van der Waals surface area contributed by atoms with Crippen LogP contribution in [0.4, 0.5) is 0 Å². The van der Waals surface area contributed by atoms with Crippen molar-refractivity contribution >= 4 is 29.4 Å². The van der Waals surface area contributed by atoms with Gasteiger partial charge in [-0.25, -0.2) is 0 Å². The van der Waals surface area contributed by atoms with Crippen molar-refractivity contribution in [2.24, 2.45) is 5.92 Å². The lowest BCUT2D eigenvalue weighted by Crippen LogP contribution is -2.22. The zero-order valence-electron chi connectivity index (χ0n) is 14.3. The minimum atomic E-state index is -0.634. The molecule has 1 unspecified atom stereocenters. The minimum absolute atomic E-state index is 0.0521. The van der Waals surface area contributed by atoms with Crippen LogP contribution in [0.1, 0.15) is 36.2 Å². The van der Waals surface area contributed by atoms with Crippen molar-refractivity contribution in [3.8, 4) is 0 Å². The summed E-state index contributed by atoms with van der Waals surface area (Å²) in [5, 5.41) is 0.566. The van der Waals surface area contributed by atoms with E-state index in [-0.39, 0.29) is 18.3 Å². The molecule has 4 heteroatoms. The fraction of sp³-hybridized carbons (Fsp3) is 0.238. The Morgan fingerprint density at radius 2 is 1.68 bits per heavy atom. The first-order chi connectivity index (χ1) is 12.0. The van der Waals surface area contributed by atoms with Crippen molar-refractivity contribution in [2.75, 3.05) is 0 Å². The van der Waals surface area contributed by atoms with Crippen LogP contribution in [0.2, 0.25) is 5.02 Å². The lowest BCUT2D eigenvalue weighted by atomic mass is 9.97. The minimum Gasteiger partial charge on any atom is -0.463 e. The largest absolute Gasteiger partial charge is 0.463 e. The van der Waals surface area contributed by atoms with Gasteiger partial charge in [0.1, 0.15) is 0 Å². The van der Waals surface area contributed by atoms with Gasteiger partial charge in [-0.15, -0.1) is 0 Å². The summed E-state index contributed by atoms with van der Waals surface area (Å²) in [5.74, 6) is -1.16. The number of ketones is 1. The molecule has 0 saturated carbocycles. The van der Waals surface area contributed by atoms with Gasteiger partial charge in [0.15, 0.2) is 5.78 Å². The van der Waals surface area contributed by atoms with Crippen LogP contribution in [0.25, 0.3) is 6.08 Å². The normalized spacial score (nSPS) is 12.3. The molecule has 0 spiro atoms. The van der Waals surface area contributed by atoms with Crippen LogP contribution < -0.4 is 0 Å². The molecule has 0 heterocycles. The highest BCUT2D eigenvalue weighted by Gasteiger charge is 2.22. The highest BCUT2D eigenvalue weighted by Crippen LogP contribution is 2.18. The second-order valence-corrected chi connectivity index (χ2v) is 6.43. The average Bonchev–Trinajstić information content (AvgIpc) is 2.59. The molecule has 3 nitrogen and oxygen atoms in total. The molecule has 0 aliphatic rings. The van der Waals surface area contributed by atoms with E-state index in [2.05, 4.69) is 0 Å². The number of benzene rings is 2. The van der Waals surface area contributed by atoms with Gasteiger partial charge in [-0.1, -0.05) is 54.1 Å². The van der Waals surface area contributed by atoms with Gasteiger partial charge >= 0.3 is 5.97 Å². The van der Waals surface area contributed by atoms with Crippen LogP contribution in [0.15, 0.2) is 60.7 Å². The number of hydrogen-bond donors (Lipinski definition) is 0. The molecule has 0 N–H and O–H groups in total. The molecule has 0 bridgehead atoms. The number of rotatable bonds is 7. The summed E-state index contributed by atoms with van der Waals surface area (Å²) < 4.78 is 5.29. The molecule has 2 aromatic carbocycles. The van der Waals surface area contributed by atoms with Crippen LogP contribution in [0, 0.1) is 5.92 Å². The van der Waals surface area contributed by atoms with Gasteiger partial charge in [0, 0.05) is 17.0 Å². The summed E-state index contributed by atoms with van der Waals surface area (Å²) in [6.45, 7) is 3.58. The number of esters is 1. The zero-order chi connectivity index (χ0) is 18.2. The van der Waals surface area contributed by atoms with Crippen LogP contribution in [0.5, 0.6) is 0 Å². The zero-order valence-corrected chi connectivity index (χ0v) is 15.1. The fourth-order valence-electron chi connectivity index (χ4n) is 2.29. The Hall–Kier alpha value is -2.39. The Morgan fingerprint density at radius 1 is 1.04 bits per heavy atom. The second kappa shape index (κ2) is 9.19. The predicted octanol–water partition coefficient (Wildman–Crippen LogP) is 5.19. The lowest BCUT2D eigenvalue weighted by Gasteiger charge is -2.14. The average molecular weight is 357 g/mol. The summed E-state index contributed by atoms with van der Waals surface area (Å²) in [4.78, 5) is 24.8. The second-order valence-electron chi connectivity index (χ2n) is 6.00. The molecule has 0 aliphatic carbocycles. The first kappa shape index (κ1) is 18.9. The van der Waals surface area contributed by atoms with E-state index in [1.54, 1.807) is 44.2 Å². The Bertz CT molecular complexity index is 733. The Kier molecular flexibility index (Phi) is 6.96. The maximum atomic E-state index is 12.5. The molecule has 0 aromatic heterocycles. The molecule has 0 aliphatic heterocycles. The molecular weight excluding hydrogens is 336 g/mol. The standard InChI is InChI=1S/C21H21ClO3/c1-15(2)25-21(24)18(9-8-16-6-4-3-5-7-16)14-20(23)17-10-12-19(22)13-11-17/h3-13,15,18H,14H2,1-2H3/b9-8+. The maximum Gasteiger partial charge on any atom is 0.313 e. The molecule has 0 radical (unpaired) electrons. The van der Waals surface area contributed by atoms with E-state index < -0.39 is 11.9 Å². The van der Waals surface area contributed by atoms with Gasteiger partial charge in [0.2, 0.25) is 0 Å². The van der Waals surface area contributed by atoms with E-state index >= 15 is 0 Å². The molecule has 2 rings (SSSR count). The van der Waals surface area contributed by atoms with E-state index in [9.17, 15) is 9.59 Å². The molecule has 0 saturated heterocycles. The van der Waals surface area contributed by atoms with Crippen molar-refractivity contribution in [2.45, 2.75) is 26.4 Å². The van der Waals surface area contributed by atoms with Crippen molar-refractivity contribution < 1.29 is 14.3 Å². The van der Waals surface area contributed by atoms with E-state index in [1.165, 1.54) is 0 Å². The van der Waals surface area contributed by atoms with Crippen molar-refractivity contribution in [3.63, 3.8) is 0 Å². The van der Waals surface area contributed by atoms with Crippen LogP contribution in [-0.4, -0.2) is 17.9 Å². The number of Topliss-reactive ketones (excluding diaryl/α,β-unsaturated/α-hetero) is 1. The van der Waals surface area contributed by atoms with Crippen molar-refractivity contribution in [1.82, 2.24) is 0 Å². The van der Waals surface area contributed by atoms with E-state index in [4.69, 9.17) is 16.3 Å². The first-order valence-electron chi connectivity index (χ1n) is 8.18. The van der Waals surface area contributed by atoms with Crippen LogP contribution >= 0.6 is 11.6 Å². The van der Waals surface area contributed by atoms with Crippen molar-refractivity contribution in [1.29, 1.82) is 0 Å². The number of halogens is 1. The Balaban J connectivity index is 2.16. The summed E-state index contributed by atoms with van der Waals surface area (Å²) in [6, 6.07) is 16.3. The summed E-state index contributed by atoms with van der Waals surface area (Å²) in [7, 11) is 0. The number of hydrogen-bond acceptors (Lipinski definition) is 3. The van der Waals surface area contributed by atoms with E-state index in [1.807, 2.05) is 36.4 Å². The number of carbonyl (C=O) groups is 2. The molecule has 130 valence electrons. The molecule has 1 atom stereocenters. The third-order valence-corrected chi connectivity index (χ3v) is 3.80. The van der Waals surface area contributed by atoms with Crippen LogP contribution in [0.3, 0.4) is 0 Å². The van der Waals surface area contributed by atoms with Gasteiger partial charge in [-0.3, -0.25) is 9.59 Å². The first-order valence-corrected chi connectivity index (χ1v) is 8.56. The van der Waals surface area contributed by atoms with E-state index in [0.717, 1.165) is 5.56 Å². The lowest BCUT2D eigenvalue weighted by molar-refractivity contribution is -0.150. The third-order valence-electron chi connectivity index (χ3n) is 3.55. The topological polar surface area (TPSA) is 43.4 Å². The predicted molar refractivity (Wildman–Crippen MR) is 101 cm³/mol. The van der Waals surface area contributed by atoms with Gasteiger partial charge in [-0.05, 0) is 43.7 Å². The smallest absolute Gasteiger partial charge is 0.313 e. The molecular formula is C21H21ClO3. The molecule has 25 heavy (non-hydrogen) atoms. The number of carbonyl (C=O) groups excluding carboxylic acids is 2. The molecule has 0 amide bonds. The Morgan fingerprint density at radius 3 is 2.28 bits per heavy atom. The molecule has 2 aromatic rings. The summed E-state index contributed by atoms with van der Waals surface area (Å²) in [6.07, 6.45) is 3.39.